The number of nitrogen functional groups attached to an aromatic ring is 1. The molecule has 0 bridgehead atoms. The van der Waals surface area contributed by atoms with E-state index in [1.165, 1.54) is 16.7 Å². The van der Waals surface area contributed by atoms with E-state index in [0.717, 1.165) is 43.8 Å². The third-order valence-electron chi connectivity index (χ3n) is 4.89. The normalized spacial score (nSPS) is 18.3. The number of ether oxygens (including phenoxy) is 1. The Kier molecular flexibility index (Phi) is 4.87. The van der Waals surface area contributed by atoms with Crippen LogP contribution in [0.1, 0.15) is 23.6 Å². The molecule has 0 saturated carbocycles. The average molecular weight is 310 g/mol. The highest BCUT2D eigenvalue weighted by atomic mass is 16.5. The number of benzene rings is 2. The summed E-state index contributed by atoms with van der Waals surface area (Å²) >= 11 is 0. The van der Waals surface area contributed by atoms with E-state index in [1.54, 1.807) is 7.11 Å². The summed E-state index contributed by atoms with van der Waals surface area (Å²) in [6, 6.07) is 15.3. The van der Waals surface area contributed by atoms with Gasteiger partial charge in [-0.05, 0) is 67.1 Å². The van der Waals surface area contributed by atoms with Crippen LogP contribution in [0.15, 0.2) is 42.5 Å². The number of nitrogens with zero attached hydrogens (tertiary/aromatic N) is 1. The van der Waals surface area contributed by atoms with Gasteiger partial charge in [0.15, 0.2) is 0 Å². The van der Waals surface area contributed by atoms with Gasteiger partial charge in [-0.15, -0.1) is 0 Å². The van der Waals surface area contributed by atoms with E-state index in [9.17, 15) is 0 Å². The lowest BCUT2D eigenvalue weighted by Crippen LogP contribution is -2.36. The summed E-state index contributed by atoms with van der Waals surface area (Å²) in [6.07, 6.45) is 3.28. The zero-order chi connectivity index (χ0) is 16.2. The first-order chi connectivity index (χ1) is 11.2. The second-order valence-electron chi connectivity index (χ2n) is 6.47. The van der Waals surface area contributed by atoms with Crippen LogP contribution in [-0.4, -0.2) is 31.1 Å². The highest BCUT2D eigenvalue weighted by Gasteiger charge is 2.20. The summed E-state index contributed by atoms with van der Waals surface area (Å²) in [4.78, 5) is 2.60. The smallest absolute Gasteiger partial charge is 0.119 e. The van der Waals surface area contributed by atoms with Crippen molar-refractivity contribution in [1.29, 1.82) is 0 Å². The Bertz CT molecular complexity index is 651. The molecule has 2 N–H and O–H groups in total. The first-order valence-electron chi connectivity index (χ1n) is 8.40. The number of fused-ring (bicyclic) bond motifs is 1. The van der Waals surface area contributed by atoms with Gasteiger partial charge in [0.2, 0.25) is 0 Å². The van der Waals surface area contributed by atoms with Crippen molar-refractivity contribution in [3.63, 3.8) is 0 Å². The number of methoxy groups -OCH3 is 1. The zero-order valence-electron chi connectivity index (χ0n) is 14.1. The summed E-state index contributed by atoms with van der Waals surface area (Å²) in [5.74, 6) is 0.964. The van der Waals surface area contributed by atoms with Gasteiger partial charge in [0.1, 0.15) is 5.75 Å². The molecule has 0 radical (unpaired) electrons. The lowest BCUT2D eigenvalue weighted by atomic mass is 10.0. The van der Waals surface area contributed by atoms with Crippen molar-refractivity contribution in [2.75, 3.05) is 25.9 Å². The number of rotatable bonds is 4. The van der Waals surface area contributed by atoms with Crippen molar-refractivity contribution in [3.8, 4) is 5.75 Å². The summed E-state index contributed by atoms with van der Waals surface area (Å²) in [7, 11) is 1.74. The molecule has 3 heteroatoms. The van der Waals surface area contributed by atoms with Crippen molar-refractivity contribution >= 4 is 5.69 Å². The van der Waals surface area contributed by atoms with Crippen LogP contribution in [-0.2, 0) is 19.3 Å². The Labute approximate surface area is 139 Å². The second kappa shape index (κ2) is 7.05. The van der Waals surface area contributed by atoms with Gasteiger partial charge >= 0.3 is 0 Å². The maximum absolute atomic E-state index is 5.76. The SMILES string of the molecule is COc1ccc2c(c1)CC(C)N(CCc1ccc(N)cc1)CC2. The van der Waals surface area contributed by atoms with Crippen LogP contribution in [0.3, 0.4) is 0 Å². The molecule has 0 amide bonds. The maximum Gasteiger partial charge on any atom is 0.119 e. The molecule has 1 heterocycles. The Balaban J connectivity index is 1.65. The van der Waals surface area contributed by atoms with E-state index < -0.39 is 0 Å². The minimum Gasteiger partial charge on any atom is -0.497 e. The quantitative estimate of drug-likeness (QED) is 0.881. The molecule has 1 atom stereocenters. The Hall–Kier alpha value is -2.00. The summed E-state index contributed by atoms with van der Waals surface area (Å²) in [5.41, 5.74) is 10.9. The van der Waals surface area contributed by atoms with E-state index in [2.05, 4.69) is 42.2 Å². The third kappa shape index (κ3) is 3.85. The van der Waals surface area contributed by atoms with E-state index >= 15 is 0 Å². The van der Waals surface area contributed by atoms with Gasteiger partial charge in [0, 0.05) is 24.8 Å². The van der Waals surface area contributed by atoms with Crippen LogP contribution in [0, 0.1) is 0 Å². The lowest BCUT2D eigenvalue weighted by molar-refractivity contribution is 0.219. The van der Waals surface area contributed by atoms with Crippen LogP contribution in [0.5, 0.6) is 5.75 Å². The topological polar surface area (TPSA) is 38.5 Å². The second-order valence-corrected chi connectivity index (χ2v) is 6.47. The molecule has 122 valence electrons. The van der Waals surface area contributed by atoms with Gasteiger partial charge < -0.3 is 10.5 Å². The predicted octanol–water partition coefficient (Wildman–Crippen LogP) is 3.31. The van der Waals surface area contributed by atoms with Gasteiger partial charge in [0.25, 0.3) is 0 Å². The third-order valence-corrected chi connectivity index (χ3v) is 4.89. The highest BCUT2D eigenvalue weighted by Crippen LogP contribution is 2.24. The monoisotopic (exact) mass is 310 g/mol. The van der Waals surface area contributed by atoms with Crippen LogP contribution >= 0.6 is 0 Å². The fourth-order valence-electron chi connectivity index (χ4n) is 3.38. The van der Waals surface area contributed by atoms with Crippen molar-refractivity contribution < 1.29 is 4.74 Å². The molecule has 2 aromatic carbocycles. The fourth-order valence-corrected chi connectivity index (χ4v) is 3.38. The van der Waals surface area contributed by atoms with Crippen molar-refractivity contribution in [2.45, 2.75) is 32.2 Å². The average Bonchev–Trinajstić information content (AvgIpc) is 2.72. The fraction of sp³-hybridized carbons (Fsp3) is 0.400. The first-order valence-corrected chi connectivity index (χ1v) is 8.40. The Morgan fingerprint density at radius 3 is 2.65 bits per heavy atom. The molecule has 2 aromatic rings. The summed E-state index contributed by atoms with van der Waals surface area (Å²) < 4.78 is 5.37. The van der Waals surface area contributed by atoms with Crippen molar-refractivity contribution in [2.24, 2.45) is 0 Å². The molecule has 0 fully saturated rings. The van der Waals surface area contributed by atoms with Gasteiger partial charge in [-0.25, -0.2) is 0 Å². The van der Waals surface area contributed by atoms with Crippen molar-refractivity contribution in [3.05, 3.63) is 59.2 Å². The first kappa shape index (κ1) is 15.9. The zero-order valence-corrected chi connectivity index (χ0v) is 14.1. The molecular weight excluding hydrogens is 284 g/mol. The molecule has 0 spiro atoms. The maximum atomic E-state index is 5.76. The van der Waals surface area contributed by atoms with Crippen LogP contribution < -0.4 is 10.5 Å². The van der Waals surface area contributed by atoms with Crippen molar-refractivity contribution in [1.82, 2.24) is 4.90 Å². The molecule has 1 unspecified atom stereocenters. The van der Waals surface area contributed by atoms with Crippen LogP contribution in [0.2, 0.25) is 0 Å². The number of hydrogen-bond acceptors (Lipinski definition) is 3. The van der Waals surface area contributed by atoms with Gasteiger partial charge in [-0.1, -0.05) is 18.2 Å². The molecule has 0 aliphatic carbocycles. The molecule has 0 saturated heterocycles. The van der Waals surface area contributed by atoms with Gasteiger partial charge in [-0.3, -0.25) is 4.90 Å². The molecule has 3 rings (SSSR count). The molecule has 23 heavy (non-hydrogen) atoms. The van der Waals surface area contributed by atoms with Crippen LogP contribution in [0.25, 0.3) is 0 Å². The predicted molar refractivity (Wildman–Crippen MR) is 96.0 cm³/mol. The minimum atomic E-state index is 0.553. The van der Waals surface area contributed by atoms with E-state index in [0.29, 0.717) is 6.04 Å². The highest BCUT2D eigenvalue weighted by molar-refractivity contribution is 5.39. The molecule has 0 aromatic heterocycles. The van der Waals surface area contributed by atoms with E-state index in [-0.39, 0.29) is 0 Å². The molecule has 1 aliphatic heterocycles. The standard InChI is InChI=1S/C20H26N2O/c1-15-13-18-14-20(23-2)8-5-17(18)10-12-22(15)11-9-16-3-6-19(21)7-4-16/h3-8,14-15H,9-13,21H2,1-2H3. The van der Waals surface area contributed by atoms with E-state index in [4.69, 9.17) is 10.5 Å². The number of anilines is 1. The number of hydrogen-bond donors (Lipinski definition) is 1. The Morgan fingerprint density at radius 2 is 1.91 bits per heavy atom. The Morgan fingerprint density at radius 1 is 1.13 bits per heavy atom. The molecular formula is C20H26N2O. The molecule has 3 nitrogen and oxygen atoms in total. The summed E-state index contributed by atoms with van der Waals surface area (Å²) in [5, 5.41) is 0. The van der Waals surface area contributed by atoms with Crippen LogP contribution in [0.4, 0.5) is 5.69 Å². The number of nitrogens with two attached hydrogens (primary N) is 1. The summed E-state index contributed by atoms with van der Waals surface area (Å²) in [6.45, 7) is 4.54. The molecule has 1 aliphatic rings. The lowest BCUT2D eigenvalue weighted by Gasteiger charge is -2.27. The largest absolute Gasteiger partial charge is 0.497 e. The minimum absolute atomic E-state index is 0.553. The van der Waals surface area contributed by atoms with Gasteiger partial charge in [-0.2, -0.15) is 0 Å². The van der Waals surface area contributed by atoms with E-state index in [1.807, 2.05) is 12.1 Å². The van der Waals surface area contributed by atoms with Gasteiger partial charge in [0.05, 0.1) is 7.11 Å².